The Morgan fingerprint density at radius 2 is 2.11 bits per heavy atom. The first-order chi connectivity index (χ1) is 4.43. The second-order valence-corrected chi connectivity index (χ2v) is 1.39. The van der Waals surface area contributed by atoms with Crippen molar-refractivity contribution in [2.45, 2.75) is 0 Å². The summed E-state index contributed by atoms with van der Waals surface area (Å²) in [5.74, 6) is 0. The molecule has 1 heterocycles. The van der Waals surface area contributed by atoms with Crippen LogP contribution in [-0.2, 0) is 0 Å². The lowest BCUT2D eigenvalue weighted by atomic mass is 10.4. The third-order valence-electron chi connectivity index (χ3n) is 0.823. The van der Waals surface area contributed by atoms with Crippen molar-refractivity contribution < 1.29 is 0 Å². The van der Waals surface area contributed by atoms with E-state index in [9.17, 15) is 0 Å². The van der Waals surface area contributed by atoms with Crippen molar-refractivity contribution in [1.82, 2.24) is 4.98 Å². The summed E-state index contributed by atoms with van der Waals surface area (Å²) in [7, 11) is 0. The number of pyridine rings is 1. The van der Waals surface area contributed by atoms with Crippen LogP contribution in [-0.4, -0.2) is 4.98 Å². The van der Waals surface area contributed by atoms with E-state index in [2.05, 4.69) is 15.0 Å². The van der Waals surface area contributed by atoms with Gasteiger partial charge in [0, 0.05) is 23.0 Å². The Morgan fingerprint density at radius 1 is 1.44 bits per heavy atom. The van der Waals surface area contributed by atoms with Gasteiger partial charge in [-0.2, -0.15) is 0 Å². The molecule has 4 nitrogen and oxygen atoms in total. The van der Waals surface area contributed by atoms with Gasteiger partial charge in [-0.05, 0) is 17.7 Å². The molecule has 0 saturated heterocycles. The molecule has 0 N–H and O–H groups in total. The lowest BCUT2D eigenvalue weighted by molar-refractivity contribution is 1.31. The Bertz CT molecular complexity index is 224. The molecule has 0 aliphatic carbocycles. The van der Waals surface area contributed by atoms with E-state index in [0.29, 0.717) is 5.69 Å². The summed E-state index contributed by atoms with van der Waals surface area (Å²) in [4.78, 5) is 6.35. The Morgan fingerprint density at radius 3 is 2.67 bits per heavy atom. The van der Waals surface area contributed by atoms with Crippen molar-refractivity contribution in [2.24, 2.45) is 5.11 Å². The molecule has 9 heavy (non-hydrogen) atoms. The standard InChI is InChI=1S/C5H4N4/c6-9-8-5-1-3-7-4-2-5/h1-4H. The molecule has 1 aromatic heterocycles. The van der Waals surface area contributed by atoms with Gasteiger partial charge in [0.1, 0.15) is 0 Å². The van der Waals surface area contributed by atoms with Gasteiger partial charge < -0.3 is 0 Å². The van der Waals surface area contributed by atoms with Gasteiger partial charge in [0.05, 0.1) is 0 Å². The summed E-state index contributed by atoms with van der Waals surface area (Å²) in [5, 5.41) is 3.35. The third-order valence-corrected chi connectivity index (χ3v) is 0.823. The van der Waals surface area contributed by atoms with Gasteiger partial charge in [0.2, 0.25) is 0 Å². The Kier molecular flexibility index (Phi) is 1.67. The number of azide groups is 1. The topological polar surface area (TPSA) is 61.7 Å². The highest BCUT2D eigenvalue weighted by molar-refractivity contribution is 5.32. The lowest BCUT2D eigenvalue weighted by Crippen LogP contribution is -1.63. The van der Waals surface area contributed by atoms with E-state index in [1.807, 2.05) is 0 Å². The number of nitrogens with zero attached hydrogens (tertiary/aromatic N) is 4. The molecule has 0 fully saturated rings. The van der Waals surface area contributed by atoms with Gasteiger partial charge in [-0.1, -0.05) is 5.11 Å². The fourth-order valence-electron chi connectivity index (χ4n) is 0.462. The molecular weight excluding hydrogens is 116 g/mol. The van der Waals surface area contributed by atoms with Gasteiger partial charge >= 0.3 is 0 Å². The van der Waals surface area contributed by atoms with Crippen LogP contribution in [0.25, 0.3) is 10.4 Å². The minimum atomic E-state index is 0.590. The highest BCUT2D eigenvalue weighted by atomic mass is 15.1. The van der Waals surface area contributed by atoms with Gasteiger partial charge in [-0.15, -0.1) is 0 Å². The zero-order chi connectivity index (χ0) is 6.53. The molecule has 0 aromatic carbocycles. The molecule has 0 atom stereocenters. The van der Waals surface area contributed by atoms with Crippen LogP contribution in [0.1, 0.15) is 0 Å². The first-order valence-electron chi connectivity index (χ1n) is 2.38. The zero-order valence-corrected chi connectivity index (χ0v) is 4.60. The van der Waals surface area contributed by atoms with Crippen LogP contribution < -0.4 is 0 Å². The molecule has 0 amide bonds. The molecule has 4 heteroatoms. The molecule has 44 valence electrons. The van der Waals surface area contributed by atoms with Crippen LogP contribution in [0, 0.1) is 0 Å². The third kappa shape index (κ3) is 1.44. The quantitative estimate of drug-likeness (QED) is 0.317. The molecule has 0 aliphatic heterocycles. The van der Waals surface area contributed by atoms with E-state index in [1.165, 1.54) is 0 Å². The summed E-state index contributed by atoms with van der Waals surface area (Å²) >= 11 is 0. The smallest absolute Gasteiger partial charge is 0.0405 e. The van der Waals surface area contributed by atoms with Crippen molar-refractivity contribution >= 4 is 5.69 Å². The predicted octanol–water partition coefficient (Wildman–Crippen LogP) is 2.02. The SMILES string of the molecule is [N-]=[N+]=Nc1ccncc1. The van der Waals surface area contributed by atoms with Crippen molar-refractivity contribution in [3.63, 3.8) is 0 Å². The average molecular weight is 120 g/mol. The highest BCUT2D eigenvalue weighted by Gasteiger charge is 1.79. The molecule has 0 aliphatic rings. The number of rotatable bonds is 1. The molecule has 0 spiro atoms. The number of aromatic nitrogens is 1. The summed E-state index contributed by atoms with van der Waals surface area (Å²) in [6.07, 6.45) is 3.15. The molecule has 0 bridgehead atoms. The van der Waals surface area contributed by atoms with Crippen LogP contribution in [0.4, 0.5) is 5.69 Å². The second kappa shape index (κ2) is 2.69. The fourth-order valence-corrected chi connectivity index (χ4v) is 0.462. The maximum absolute atomic E-state index is 7.96. The zero-order valence-electron chi connectivity index (χ0n) is 4.60. The molecule has 0 unspecified atom stereocenters. The monoisotopic (exact) mass is 120 g/mol. The average Bonchev–Trinajstić information content (AvgIpc) is 1.91. The van der Waals surface area contributed by atoms with Crippen molar-refractivity contribution in [3.05, 3.63) is 35.0 Å². The van der Waals surface area contributed by atoms with Crippen molar-refractivity contribution in [3.8, 4) is 0 Å². The predicted molar refractivity (Wildman–Crippen MR) is 33.0 cm³/mol. The second-order valence-electron chi connectivity index (χ2n) is 1.39. The minimum Gasteiger partial charge on any atom is -0.265 e. The van der Waals surface area contributed by atoms with Gasteiger partial charge in [-0.25, -0.2) is 0 Å². The Hall–Kier alpha value is -1.54. The highest BCUT2D eigenvalue weighted by Crippen LogP contribution is 2.06. The lowest BCUT2D eigenvalue weighted by Gasteiger charge is -1.83. The van der Waals surface area contributed by atoms with E-state index in [0.717, 1.165) is 0 Å². The molecular formula is C5H4N4. The van der Waals surface area contributed by atoms with E-state index in [-0.39, 0.29) is 0 Å². The van der Waals surface area contributed by atoms with Gasteiger partial charge in [0.25, 0.3) is 0 Å². The first kappa shape index (κ1) is 5.59. The molecule has 1 rings (SSSR count). The van der Waals surface area contributed by atoms with Gasteiger partial charge in [-0.3, -0.25) is 4.98 Å². The van der Waals surface area contributed by atoms with E-state index >= 15 is 0 Å². The Balaban J connectivity index is 2.97. The molecule has 0 radical (unpaired) electrons. The molecule has 1 aromatic rings. The fraction of sp³-hybridized carbons (Fsp3) is 0. The minimum absolute atomic E-state index is 0.590. The Labute approximate surface area is 51.8 Å². The summed E-state index contributed by atoms with van der Waals surface area (Å²) in [5.41, 5.74) is 8.55. The number of hydrogen-bond acceptors (Lipinski definition) is 2. The first-order valence-corrected chi connectivity index (χ1v) is 2.38. The van der Waals surface area contributed by atoms with Crippen LogP contribution in [0.5, 0.6) is 0 Å². The van der Waals surface area contributed by atoms with E-state index in [1.54, 1.807) is 24.5 Å². The summed E-state index contributed by atoms with van der Waals surface area (Å²) in [6.45, 7) is 0. The normalized spacial score (nSPS) is 8.00. The van der Waals surface area contributed by atoms with Gasteiger partial charge in [0.15, 0.2) is 0 Å². The van der Waals surface area contributed by atoms with Crippen molar-refractivity contribution in [2.75, 3.05) is 0 Å². The largest absolute Gasteiger partial charge is 0.265 e. The summed E-state index contributed by atoms with van der Waals surface area (Å²) in [6, 6.07) is 3.28. The maximum Gasteiger partial charge on any atom is 0.0405 e. The van der Waals surface area contributed by atoms with Crippen LogP contribution in [0.15, 0.2) is 29.6 Å². The van der Waals surface area contributed by atoms with E-state index < -0.39 is 0 Å². The van der Waals surface area contributed by atoms with Crippen LogP contribution in [0.3, 0.4) is 0 Å². The molecule has 0 saturated carbocycles. The van der Waals surface area contributed by atoms with Crippen LogP contribution in [0.2, 0.25) is 0 Å². The summed E-state index contributed by atoms with van der Waals surface area (Å²) < 4.78 is 0. The maximum atomic E-state index is 7.96. The number of hydrogen-bond donors (Lipinski definition) is 0. The van der Waals surface area contributed by atoms with Crippen LogP contribution >= 0.6 is 0 Å². The van der Waals surface area contributed by atoms with E-state index in [4.69, 9.17) is 5.53 Å². The van der Waals surface area contributed by atoms with Crippen molar-refractivity contribution in [1.29, 1.82) is 0 Å².